The number of amides is 1. The van der Waals surface area contributed by atoms with Gasteiger partial charge < -0.3 is 25.4 Å². The van der Waals surface area contributed by atoms with Crippen LogP contribution in [0.3, 0.4) is 0 Å². The summed E-state index contributed by atoms with van der Waals surface area (Å²) >= 11 is 0. The Morgan fingerprint density at radius 1 is 1.35 bits per heavy atom. The molecule has 144 valence electrons. The van der Waals surface area contributed by atoms with Crippen LogP contribution in [0.4, 0.5) is 5.69 Å². The molecular formula is C19H30N4O3. The second-order valence-electron chi connectivity index (χ2n) is 6.01. The number of hydrogen-bond donors (Lipinski definition) is 3. The Bertz CT molecular complexity index is 586. The molecule has 0 saturated carbocycles. The molecule has 7 heteroatoms. The molecule has 1 aromatic carbocycles. The number of carbonyl (C=O) groups excluding carboxylic acids is 1. The molecule has 1 unspecified atom stereocenters. The number of hydrogen-bond acceptors (Lipinski definition) is 4. The van der Waals surface area contributed by atoms with E-state index in [1.165, 1.54) is 0 Å². The highest BCUT2D eigenvalue weighted by Gasteiger charge is 2.23. The van der Waals surface area contributed by atoms with Gasteiger partial charge >= 0.3 is 0 Å². The molecule has 2 rings (SSSR count). The van der Waals surface area contributed by atoms with Crippen LogP contribution in [0.2, 0.25) is 0 Å². The van der Waals surface area contributed by atoms with Gasteiger partial charge in [-0.2, -0.15) is 0 Å². The van der Waals surface area contributed by atoms with E-state index < -0.39 is 0 Å². The highest BCUT2D eigenvalue weighted by molar-refractivity contribution is 5.94. The summed E-state index contributed by atoms with van der Waals surface area (Å²) in [6, 6.07) is 7.74. The summed E-state index contributed by atoms with van der Waals surface area (Å²) in [7, 11) is 0. The fourth-order valence-corrected chi connectivity index (χ4v) is 2.65. The third-order valence-electron chi connectivity index (χ3n) is 3.92. The maximum atomic E-state index is 12.2. The number of benzene rings is 1. The van der Waals surface area contributed by atoms with Gasteiger partial charge in [0.1, 0.15) is 6.10 Å². The molecule has 1 saturated heterocycles. The molecule has 1 heterocycles. The standard InChI is InChI=1S/C19H30N4O3/c1-3-20-19(21-10-12-25-4-2)22-14-15-7-5-8-16(13-15)23-18(24)17-9-6-11-26-17/h5,7-8,13,17H,3-4,6,9-12,14H2,1-2H3,(H,23,24)(H2,20,21,22). The largest absolute Gasteiger partial charge is 0.380 e. The van der Waals surface area contributed by atoms with Gasteiger partial charge in [-0.15, -0.1) is 0 Å². The number of ether oxygens (including phenoxy) is 2. The molecular weight excluding hydrogens is 332 g/mol. The third-order valence-corrected chi connectivity index (χ3v) is 3.92. The summed E-state index contributed by atoms with van der Waals surface area (Å²) in [6.45, 7) is 8.04. The normalized spacial score (nSPS) is 17.2. The lowest BCUT2D eigenvalue weighted by atomic mass is 10.2. The fraction of sp³-hybridized carbons (Fsp3) is 0.579. The summed E-state index contributed by atoms with van der Waals surface area (Å²) in [6.07, 6.45) is 1.40. The SMILES string of the molecule is CCNC(=NCc1cccc(NC(=O)C2CCCO2)c1)NCCOCC. The maximum Gasteiger partial charge on any atom is 0.253 e. The Morgan fingerprint density at radius 3 is 2.96 bits per heavy atom. The van der Waals surface area contributed by atoms with Crippen molar-refractivity contribution in [1.82, 2.24) is 10.6 Å². The number of anilines is 1. The minimum Gasteiger partial charge on any atom is -0.380 e. The number of guanidine groups is 1. The average molecular weight is 362 g/mol. The van der Waals surface area contributed by atoms with Crippen LogP contribution in [0, 0.1) is 0 Å². The molecule has 26 heavy (non-hydrogen) atoms. The predicted molar refractivity (Wildman–Crippen MR) is 103 cm³/mol. The van der Waals surface area contributed by atoms with Crippen molar-refractivity contribution < 1.29 is 14.3 Å². The first-order valence-corrected chi connectivity index (χ1v) is 9.34. The number of carbonyl (C=O) groups is 1. The fourth-order valence-electron chi connectivity index (χ4n) is 2.65. The Kier molecular flexibility index (Phi) is 8.92. The van der Waals surface area contributed by atoms with Crippen LogP contribution >= 0.6 is 0 Å². The monoisotopic (exact) mass is 362 g/mol. The maximum absolute atomic E-state index is 12.2. The van der Waals surface area contributed by atoms with Gasteiger partial charge in [0.25, 0.3) is 5.91 Å². The lowest BCUT2D eigenvalue weighted by Crippen LogP contribution is -2.39. The molecule has 0 aliphatic carbocycles. The zero-order chi connectivity index (χ0) is 18.6. The molecule has 1 aromatic rings. The van der Waals surface area contributed by atoms with E-state index in [1.807, 2.05) is 38.1 Å². The van der Waals surface area contributed by atoms with Gasteiger partial charge in [0.2, 0.25) is 0 Å². The van der Waals surface area contributed by atoms with Gasteiger partial charge in [-0.25, -0.2) is 4.99 Å². The van der Waals surface area contributed by atoms with Gasteiger partial charge in [0.15, 0.2) is 5.96 Å². The van der Waals surface area contributed by atoms with Gasteiger partial charge in [-0.3, -0.25) is 4.79 Å². The Balaban J connectivity index is 1.89. The Labute approximate surface area is 155 Å². The smallest absolute Gasteiger partial charge is 0.253 e. The lowest BCUT2D eigenvalue weighted by molar-refractivity contribution is -0.124. The van der Waals surface area contributed by atoms with Crippen molar-refractivity contribution in [3.63, 3.8) is 0 Å². The van der Waals surface area contributed by atoms with E-state index in [-0.39, 0.29) is 12.0 Å². The predicted octanol–water partition coefficient (Wildman–Crippen LogP) is 1.90. The number of nitrogens with one attached hydrogen (secondary N) is 3. The van der Waals surface area contributed by atoms with Crippen LogP contribution in [0.15, 0.2) is 29.3 Å². The Hall–Kier alpha value is -2.12. The molecule has 0 bridgehead atoms. The molecule has 3 N–H and O–H groups in total. The van der Waals surface area contributed by atoms with Crippen molar-refractivity contribution in [2.24, 2.45) is 4.99 Å². The molecule has 0 radical (unpaired) electrons. The van der Waals surface area contributed by atoms with Gasteiger partial charge in [-0.05, 0) is 44.4 Å². The van der Waals surface area contributed by atoms with Crippen LogP contribution in [-0.4, -0.2) is 50.9 Å². The van der Waals surface area contributed by atoms with Crippen LogP contribution in [0.1, 0.15) is 32.3 Å². The summed E-state index contributed by atoms with van der Waals surface area (Å²) in [5.74, 6) is 0.676. The molecule has 1 atom stereocenters. The van der Waals surface area contributed by atoms with Crippen molar-refractivity contribution >= 4 is 17.6 Å². The number of rotatable bonds is 9. The average Bonchev–Trinajstić information content (AvgIpc) is 3.18. The first kappa shape index (κ1) is 20.2. The first-order chi connectivity index (χ1) is 12.7. The van der Waals surface area contributed by atoms with Crippen molar-refractivity contribution in [1.29, 1.82) is 0 Å². The van der Waals surface area contributed by atoms with Crippen LogP contribution in [0.25, 0.3) is 0 Å². The second kappa shape index (κ2) is 11.5. The van der Waals surface area contributed by atoms with E-state index in [1.54, 1.807) is 0 Å². The van der Waals surface area contributed by atoms with E-state index >= 15 is 0 Å². The number of aliphatic imine (C=N–C) groups is 1. The second-order valence-corrected chi connectivity index (χ2v) is 6.01. The summed E-state index contributed by atoms with van der Waals surface area (Å²) in [5, 5.41) is 9.37. The van der Waals surface area contributed by atoms with Crippen molar-refractivity contribution in [3.05, 3.63) is 29.8 Å². The van der Waals surface area contributed by atoms with Gasteiger partial charge in [0.05, 0.1) is 13.2 Å². The summed E-state index contributed by atoms with van der Waals surface area (Å²) < 4.78 is 10.7. The van der Waals surface area contributed by atoms with Crippen LogP contribution in [-0.2, 0) is 20.8 Å². The van der Waals surface area contributed by atoms with E-state index in [4.69, 9.17) is 9.47 Å². The van der Waals surface area contributed by atoms with Gasteiger partial charge in [-0.1, -0.05) is 12.1 Å². The molecule has 1 amide bonds. The van der Waals surface area contributed by atoms with Crippen LogP contribution in [0.5, 0.6) is 0 Å². The van der Waals surface area contributed by atoms with Crippen molar-refractivity contribution in [2.75, 3.05) is 38.2 Å². The van der Waals surface area contributed by atoms with Crippen molar-refractivity contribution in [2.45, 2.75) is 39.3 Å². The topological polar surface area (TPSA) is 84.0 Å². The molecule has 1 fully saturated rings. The molecule has 0 spiro atoms. The van der Waals surface area contributed by atoms with Gasteiger partial charge in [0, 0.05) is 32.0 Å². The highest BCUT2D eigenvalue weighted by Crippen LogP contribution is 2.16. The zero-order valence-electron chi connectivity index (χ0n) is 15.7. The molecule has 1 aliphatic rings. The molecule has 7 nitrogen and oxygen atoms in total. The third kappa shape index (κ3) is 7.01. The van der Waals surface area contributed by atoms with E-state index in [0.717, 1.165) is 36.6 Å². The summed E-state index contributed by atoms with van der Waals surface area (Å²) in [5.41, 5.74) is 1.80. The minimum atomic E-state index is -0.327. The van der Waals surface area contributed by atoms with E-state index in [9.17, 15) is 4.79 Å². The molecule has 0 aromatic heterocycles. The van der Waals surface area contributed by atoms with Crippen LogP contribution < -0.4 is 16.0 Å². The summed E-state index contributed by atoms with van der Waals surface area (Å²) in [4.78, 5) is 16.7. The highest BCUT2D eigenvalue weighted by atomic mass is 16.5. The minimum absolute atomic E-state index is 0.0749. The lowest BCUT2D eigenvalue weighted by Gasteiger charge is -2.12. The van der Waals surface area contributed by atoms with Crippen molar-refractivity contribution in [3.8, 4) is 0 Å². The first-order valence-electron chi connectivity index (χ1n) is 9.34. The number of nitrogens with zero attached hydrogens (tertiary/aromatic N) is 1. The quantitative estimate of drug-likeness (QED) is 0.355. The zero-order valence-corrected chi connectivity index (χ0v) is 15.7. The van der Waals surface area contributed by atoms with E-state index in [0.29, 0.717) is 32.9 Å². The Morgan fingerprint density at radius 2 is 2.23 bits per heavy atom. The van der Waals surface area contributed by atoms with E-state index in [2.05, 4.69) is 20.9 Å². The molecule has 1 aliphatic heterocycles.